The van der Waals surface area contributed by atoms with Crippen LogP contribution >= 0.6 is 0 Å². The fourth-order valence-corrected chi connectivity index (χ4v) is 2.82. The van der Waals surface area contributed by atoms with Crippen molar-refractivity contribution in [1.29, 1.82) is 0 Å². The lowest BCUT2D eigenvalue weighted by atomic mass is 9.94. The molecule has 110 valence electrons. The van der Waals surface area contributed by atoms with E-state index in [0.29, 0.717) is 12.3 Å². The smallest absolute Gasteiger partial charge is 0.220 e. The molecule has 1 saturated heterocycles. The summed E-state index contributed by atoms with van der Waals surface area (Å²) in [4.78, 5) is 11.8. The third-order valence-electron chi connectivity index (χ3n) is 4.16. The highest BCUT2D eigenvalue weighted by atomic mass is 16.1. The molecule has 0 bridgehead atoms. The minimum atomic E-state index is 0.198. The van der Waals surface area contributed by atoms with Crippen molar-refractivity contribution in [1.82, 2.24) is 10.6 Å². The third kappa shape index (κ3) is 4.97. The Morgan fingerprint density at radius 2 is 2.25 bits per heavy atom. The molecule has 1 amide bonds. The maximum absolute atomic E-state index is 11.8. The molecule has 0 aliphatic carbocycles. The Balaban J connectivity index is 1.61. The van der Waals surface area contributed by atoms with Crippen LogP contribution in [0.3, 0.4) is 0 Å². The van der Waals surface area contributed by atoms with Crippen LogP contribution in [0.2, 0.25) is 0 Å². The van der Waals surface area contributed by atoms with Crippen molar-refractivity contribution >= 4 is 5.91 Å². The van der Waals surface area contributed by atoms with Crippen molar-refractivity contribution in [3.05, 3.63) is 35.4 Å². The summed E-state index contributed by atoms with van der Waals surface area (Å²) in [5, 5.41) is 6.44. The highest BCUT2D eigenvalue weighted by Gasteiger charge is 2.14. The molecule has 1 heterocycles. The standard InChI is InChI=1S/C17H26N2O/c1-14-5-2-3-7-16(14)10-12-19-17(20)9-8-15-6-4-11-18-13-15/h2-3,5,7,15,18H,4,6,8-13H2,1H3,(H,19,20). The van der Waals surface area contributed by atoms with Crippen molar-refractivity contribution in [2.75, 3.05) is 19.6 Å². The van der Waals surface area contributed by atoms with E-state index in [-0.39, 0.29) is 5.91 Å². The third-order valence-corrected chi connectivity index (χ3v) is 4.16. The van der Waals surface area contributed by atoms with Gasteiger partial charge >= 0.3 is 0 Å². The van der Waals surface area contributed by atoms with Gasteiger partial charge in [-0.15, -0.1) is 0 Å². The van der Waals surface area contributed by atoms with E-state index >= 15 is 0 Å². The summed E-state index contributed by atoms with van der Waals surface area (Å²) < 4.78 is 0. The summed E-state index contributed by atoms with van der Waals surface area (Å²) >= 11 is 0. The molecular weight excluding hydrogens is 248 g/mol. The number of benzene rings is 1. The quantitative estimate of drug-likeness (QED) is 0.836. The van der Waals surface area contributed by atoms with Crippen LogP contribution in [0, 0.1) is 12.8 Å². The average Bonchev–Trinajstić information content (AvgIpc) is 2.48. The lowest BCUT2D eigenvalue weighted by Gasteiger charge is -2.22. The van der Waals surface area contributed by atoms with Crippen molar-refractivity contribution in [2.24, 2.45) is 5.92 Å². The number of nitrogens with one attached hydrogen (secondary N) is 2. The van der Waals surface area contributed by atoms with Gasteiger partial charge in [0, 0.05) is 13.0 Å². The van der Waals surface area contributed by atoms with Gasteiger partial charge in [-0.1, -0.05) is 24.3 Å². The molecule has 1 unspecified atom stereocenters. The van der Waals surface area contributed by atoms with E-state index in [2.05, 4.69) is 41.8 Å². The van der Waals surface area contributed by atoms with Gasteiger partial charge in [-0.2, -0.15) is 0 Å². The van der Waals surface area contributed by atoms with E-state index in [1.54, 1.807) is 0 Å². The van der Waals surface area contributed by atoms with Crippen LogP contribution in [-0.2, 0) is 11.2 Å². The summed E-state index contributed by atoms with van der Waals surface area (Å²) in [5.74, 6) is 0.884. The zero-order valence-electron chi connectivity index (χ0n) is 12.5. The second kappa shape index (κ2) is 8.05. The van der Waals surface area contributed by atoms with Crippen LogP contribution in [0.15, 0.2) is 24.3 Å². The van der Waals surface area contributed by atoms with Crippen LogP contribution < -0.4 is 10.6 Å². The molecule has 3 nitrogen and oxygen atoms in total. The second-order valence-corrected chi connectivity index (χ2v) is 5.78. The fraction of sp³-hybridized carbons (Fsp3) is 0.588. The van der Waals surface area contributed by atoms with Crippen LogP contribution in [0.25, 0.3) is 0 Å². The molecular formula is C17H26N2O. The second-order valence-electron chi connectivity index (χ2n) is 5.78. The number of rotatable bonds is 6. The van der Waals surface area contributed by atoms with Crippen molar-refractivity contribution in [3.8, 4) is 0 Å². The Labute approximate surface area is 122 Å². The molecule has 3 heteroatoms. The van der Waals surface area contributed by atoms with Gasteiger partial charge in [-0.25, -0.2) is 0 Å². The predicted molar refractivity (Wildman–Crippen MR) is 82.7 cm³/mol. The van der Waals surface area contributed by atoms with Crippen LogP contribution in [0.1, 0.15) is 36.8 Å². The summed E-state index contributed by atoms with van der Waals surface area (Å²) in [6.07, 6.45) is 5.12. The number of hydrogen-bond acceptors (Lipinski definition) is 2. The fourth-order valence-electron chi connectivity index (χ4n) is 2.82. The summed E-state index contributed by atoms with van der Waals surface area (Å²) in [7, 11) is 0. The van der Waals surface area contributed by atoms with Gasteiger partial charge in [0.2, 0.25) is 5.91 Å². The minimum absolute atomic E-state index is 0.198. The maximum atomic E-state index is 11.8. The molecule has 1 aromatic carbocycles. The van der Waals surface area contributed by atoms with Gasteiger partial charge in [-0.3, -0.25) is 4.79 Å². The number of carbonyl (C=O) groups is 1. The van der Waals surface area contributed by atoms with E-state index < -0.39 is 0 Å². The maximum Gasteiger partial charge on any atom is 0.220 e. The largest absolute Gasteiger partial charge is 0.356 e. The van der Waals surface area contributed by atoms with Crippen molar-refractivity contribution in [3.63, 3.8) is 0 Å². The minimum Gasteiger partial charge on any atom is -0.356 e. The molecule has 1 atom stereocenters. The molecule has 0 saturated carbocycles. The molecule has 2 rings (SSSR count). The molecule has 0 radical (unpaired) electrons. The zero-order chi connectivity index (χ0) is 14.2. The number of aryl methyl sites for hydroxylation is 1. The Kier molecular flexibility index (Phi) is 6.06. The normalized spacial score (nSPS) is 18.8. The first-order chi connectivity index (χ1) is 9.75. The van der Waals surface area contributed by atoms with Gasteiger partial charge in [0.25, 0.3) is 0 Å². The van der Waals surface area contributed by atoms with Crippen molar-refractivity contribution in [2.45, 2.75) is 39.0 Å². The zero-order valence-corrected chi connectivity index (χ0v) is 12.5. The SMILES string of the molecule is Cc1ccccc1CCNC(=O)CCC1CCCNC1. The monoisotopic (exact) mass is 274 g/mol. The number of amides is 1. The lowest BCUT2D eigenvalue weighted by molar-refractivity contribution is -0.121. The first-order valence-electron chi connectivity index (χ1n) is 7.77. The van der Waals surface area contributed by atoms with Gasteiger partial charge in [-0.05, 0) is 62.7 Å². The number of piperidine rings is 1. The molecule has 1 fully saturated rings. The van der Waals surface area contributed by atoms with Gasteiger partial charge in [0.1, 0.15) is 0 Å². The number of carbonyl (C=O) groups excluding carboxylic acids is 1. The molecule has 2 N–H and O–H groups in total. The Morgan fingerprint density at radius 1 is 1.40 bits per heavy atom. The van der Waals surface area contributed by atoms with E-state index in [1.807, 2.05) is 0 Å². The highest BCUT2D eigenvalue weighted by molar-refractivity contribution is 5.75. The van der Waals surface area contributed by atoms with E-state index in [4.69, 9.17) is 0 Å². The summed E-state index contributed by atoms with van der Waals surface area (Å²) in [6.45, 7) is 5.08. The van der Waals surface area contributed by atoms with Gasteiger partial charge in [0.05, 0.1) is 0 Å². The van der Waals surface area contributed by atoms with Crippen molar-refractivity contribution < 1.29 is 4.79 Å². The highest BCUT2D eigenvalue weighted by Crippen LogP contribution is 2.15. The molecule has 0 aromatic heterocycles. The Bertz CT molecular complexity index is 425. The summed E-state index contributed by atoms with van der Waals surface area (Å²) in [5.41, 5.74) is 2.62. The van der Waals surface area contributed by atoms with E-state index in [9.17, 15) is 4.79 Å². The molecule has 1 aliphatic rings. The Hall–Kier alpha value is -1.35. The Morgan fingerprint density at radius 3 is 3.00 bits per heavy atom. The van der Waals surface area contributed by atoms with Crippen LogP contribution in [0.4, 0.5) is 0 Å². The molecule has 20 heavy (non-hydrogen) atoms. The van der Waals surface area contributed by atoms with Crippen LogP contribution in [-0.4, -0.2) is 25.5 Å². The first kappa shape index (κ1) is 15.0. The summed E-state index contributed by atoms with van der Waals surface area (Å²) in [6, 6.07) is 8.36. The lowest BCUT2D eigenvalue weighted by Crippen LogP contribution is -2.31. The molecule has 1 aromatic rings. The molecule has 1 aliphatic heterocycles. The van der Waals surface area contributed by atoms with Gasteiger partial charge < -0.3 is 10.6 Å². The van der Waals surface area contributed by atoms with Crippen LogP contribution in [0.5, 0.6) is 0 Å². The molecule has 0 spiro atoms. The van der Waals surface area contributed by atoms with E-state index in [0.717, 1.165) is 32.5 Å². The van der Waals surface area contributed by atoms with E-state index in [1.165, 1.54) is 24.0 Å². The average molecular weight is 274 g/mol. The van der Waals surface area contributed by atoms with Gasteiger partial charge in [0.15, 0.2) is 0 Å². The number of hydrogen-bond donors (Lipinski definition) is 2. The predicted octanol–water partition coefficient (Wildman–Crippen LogP) is 2.43. The first-order valence-corrected chi connectivity index (χ1v) is 7.77. The topological polar surface area (TPSA) is 41.1 Å².